The Kier molecular flexibility index (Phi) is 4.33. The van der Waals surface area contributed by atoms with E-state index in [-0.39, 0.29) is 17.8 Å². The van der Waals surface area contributed by atoms with Crippen LogP contribution >= 0.6 is 11.3 Å². The van der Waals surface area contributed by atoms with Gasteiger partial charge in [-0.2, -0.15) is 0 Å². The van der Waals surface area contributed by atoms with Gasteiger partial charge in [0.1, 0.15) is 0 Å². The van der Waals surface area contributed by atoms with Crippen LogP contribution in [0, 0.1) is 0 Å². The third-order valence-electron chi connectivity index (χ3n) is 2.64. The summed E-state index contributed by atoms with van der Waals surface area (Å²) in [6, 6.07) is 2.69. The van der Waals surface area contributed by atoms with Crippen molar-refractivity contribution >= 4 is 29.2 Å². The predicted molar refractivity (Wildman–Crippen MR) is 72.3 cm³/mol. The number of aliphatic carboxylic acids is 1. The average molecular weight is 309 g/mol. The van der Waals surface area contributed by atoms with Crippen molar-refractivity contribution in [1.29, 1.82) is 0 Å². The van der Waals surface area contributed by atoms with Gasteiger partial charge in [-0.3, -0.25) is 9.59 Å². The van der Waals surface area contributed by atoms with E-state index in [2.05, 4.69) is 15.3 Å². The molecular formula is C12H11N3O5S. The fourth-order valence-electron chi connectivity index (χ4n) is 1.74. The molecule has 8 nitrogen and oxygen atoms in total. The lowest BCUT2D eigenvalue weighted by molar-refractivity contribution is -0.137. The Balaban J connectivity index is 2.20. The van der Waals surface area contributed by atoms with Crippen LogP contribution in [-0.4, -0.2) is 38.0 Å². The molecule has 21 heavy (non-hydrogen) atoms. The van der Waals surface area contributed by atoms with Crippen molar-refractivity contribution in [2.45, 2.75) is 12.5 Å². The molecule has 2 aromatic heterocycles. The zero-order valence-corrected chi connectivity index (χ0v) is 11.4. The maximum absolute atomic E-state index is 12.1. The third kappa shape index (κ3) is 3.45. The van der Waals surface area contributed by atoms with Crippen molar-refractivity contribution in [2.24, 2.45) is 0 Å². The quantitative estimate of drug-likeness (QED) is 0.632. The smallest absolute Gasteiger partial charge is 0.354 e. The number of hydrogen-bond donors (Lipinski definition) is 4. The van der Waals surface area contributed by atoms with Gasteiger partial charge in [-0.05, 0) is 11.4 Å². The summed E-state index contributed by atoms with van der Waals surface area (Å²) in [5, 5.41) is 22.1. The van der Waals surface area contributed by atoms with Gasteiger partial charge in [0.15, 0.2) is 11.4 Å². The Bertz CT molecular complexity index is 664. The standard InChI is InChI=1S/C12H11N3O5S/c16-8(17)4-6(7-2-1-3-21-7)15-11(18)9-10(12(19)20)14-5-13-9/h1-3,5-6H,4H2,(H,13,14)(H,15,18)(H,16,17)(H,19,20)/t6-/m0/s1. The molecule has 0 aliphatic heterocycles. The van der Waals surface area contributed by atoms with Gasteiger partial charge in [0.05, 0.1) is 18.8 Å². The molecule has 1 atom stereocenters. The van der Waals surface area contributed by atoms with Crippen LogP contribution in [0.3, 0.4) is 0 Å². The average Bonchev–Trinajstić information content (AvgIpc) is 3.08. The van der Waals surface area contributed by atoms with Crippen molar-refractivity contribution in [1.82, 2.24) is 15.3 Å². The molecule has 0 spiro atoms. The fourth-order valence-corrected chi connectivity index (χ4v) is 2.52. The zero-order valence-electron chi connectivity index (χ0n) is 10.6. The summed E-state index contributed by atoms with van der Waals surface area (Å²) in [6.45, 7) is 0. The first kappa shape index (κ1) is 14.7. The van der Waals surface area contributed by atoms with E-state index in [0.29, 0.717) is 4.88 Å². The molecule has 0 aromatic carbocycles. The molecule has 4 N–H and O–H groups in total. The van der Waals surface area contributed by atoms with Crippen molar-refractivity contribution in [3.8, 4) is 0 Å². The van der Waals surface area contributed by atoms with E-state index >= 15 is 0 Å². The number of rotatable bonds is 6. The van der Waals surface area contributed by atoms with E-state index in [9.17, 15) is 14.4 Å². The number of carbonyl (C=O) groups is 3. The van der Waals surface area contributed by atoms with E-state index in [0.717, 1.165) is 6.33 Å². The summed E-state index contributed by atoms with van der Waals surface area (Å²) in [7, 11) is 0. The first-order chi connectivity index (χ1) is 9.99. The first-order valence-corrected chi connectivity index (χ1v) is 6.69. The SMILES string of the molecule is O=C(O)C[C@H](NC(=O)c1nc[nH]c1C(=O)O)c1cccs1. The van der Waals surface area contributed by atoms with Gasteiger partial charge in [0, 0.05) is 4.88 Å². The van der Waals surface area contributed by atoms with Crippen LogP contribution < -0.4 is 5.32 Å². The molecule has 0 aliphatic rings. The van der Waals surface area contributed by atoms with Crippen LogP contribution in [0.1, 0.15) is 38.3 Å². The Hall–Kier alpha value is -2.68. The molecule has 0 bridgehead atoms. The van der Waals surface area contributed by atoms with Crippen LogP contribution in [0.25, 0.3) is 0 Å². The largest absolute Gasteiger partial charge is 0.481 e. The number of carbonyl (C=O) groups excluding carboxylic acids is 1. The van der Waals surface area contributed by atoms with E-state index in [1.807, 2.05) is 0 Å². The second kappa shape index (κ2) is 6.18. The summed E-state index contributed by atoms with van der Waals surface area (Å²) in [5.41, 5.74) is -0.623. The van der Waals surface area contributed by atoms with Crippen molar-refractivity contribution in [2.75, 3.05) is 0 Å². The molecule has 0 radical (unpaired) electrons. The number of aromatic nitrogens is 2. The molecule has 2 rings (SSSR count). The normalized spacial score (nSPS) is 11.8. The number of thiophene rings is 1. The van der Waals surface area contributed by atoms with Gasteiger partial charge in [0.25, 0.3) is 5.91 Å². The lowest BCUT2D eigenvalue weighted by Gasteiger charge is -2.14. The van der Waals surface area contributed by atoms with Gasteiger partial charge >= 0.3 is 11.9 Å². The minimum atomic E-state index is -1.32. The number of amides is 1. The van der Waals surface area contributed by atoms with Crippen LogP contribution in [0.5, 0.6) is 0 Å². The molecule has 0 saturated heterocycles. The van der Waals surface area contributed by atoms with Crippen molar-refractivity contribution in [3.63, 3.8) is 0 Å². The summed E-state index contributed by atoms with van der Waals surface area (Å²) in [5.74, 6) is -3.13. The highest BCUT2D eigenvalue weighted by Crippen LogP contribution is 2.22. The first-order valence-electron chi connectivity index (χ1n) is 5.81. The predicted octanol–water partition coefficient (Wildman–Crippen LogP) is 1.12. The van der Waals surface area contributed by atoms with Gasteiger partial charge in [-0.25, -0.2) is 9.78 Å². The second-order valence-corrected chi connectivity index (χ2v) is 5.05. The molecule has 110 valence electrons. The monoisotopic (exact) mass is 309 g/mol. The Labute approximate surface area is 122 Å². The molecule has 2 aromatic rings. The molecule has 1 amide bonds. The maximum Gasteiger partial charge on any atom is 0.354 e. The molecule has 0 saturated carbocycles. The number of nitrogens with zero attached hydrogens (tertiary/aromatic N) is 1. The van der Waals surface area contributed by atoms with E-state index in [1.165, 1.54) is 11.3 Å². The zero-order chi connectivity index (χ0) is 15.4. The highest BCUT2D eigenvalue weighted by atomic mass is 32.1. The highest BCUT2D eigenvalue weighted by Gasteiger charge is 2.24. The summed E-state index contributed by atoms with van der Waals surface area (Å²) in [6.07, 6.45) is 0.787. The molecule has 0 aliphatic carbocycles. The topological polar surface area (TPSA) is 132 Å². The lowest BCUT2D eigenvalue weighted by Crippen LogP contribution is -2.31. The number of hydrogen-bond acceptors (Lipinski definition) is 5. The van der Waals surface area contributed by atoms with E-state index < -0.39 is 23.9 Å². The Morgan fingerprint density at radius 2 is 2.14 bits per heavy atom. The van der Waals surface area contributed by atoms with Gasteiger partial charge < -0.3 is 20.5 Å². The summed E-state index contributed by atoms with van der Waals surface area (Å²) < 4.78 is 0. The van der Waals surface area contributed by atoms with Crippen molar-refractivity contribution in [3.05, 3.63) is 40.1 Å². The minimum absolute atomic E-state index is 0.283. The number of carboxylic acid groups (broad SMARTS) is 2. The number of imidazole rings is 1. The van der Waals surface area contributed by atoms with E-state index in [1.54, 1.807) is 17.5 Å². The van der Waals surface area contributed by atoms with Gasteiger partial charge in [0.2, 0.25) is 0 Å². The minimum Gasteiger partial charge on any atom is -0.481 e. The highest BCUT2D eigenvalue weighted by molar-refractivity contribution is 7.10. The number of nitrogens with one attached hydrogen (secondary N) is 2. The molecule has 0 fully saturated rings. The maximum atomic E-state index is 12.1. The number of aromatic amines is 1. The van der Waals surface area contributed by atoms with Gasteiger partial charge in [-0.1, -0.05) is 6.07 Å². The van der Waals surface area contributed by atoms with E-state index in [4.69, 9.17) is 10.2 Å². The third-order valence-corrected chi connectivity index (χ3v) is 3.62. The van der Waals surface area contributed by atoms with Crippen LogP contribution in [0.15, 0.2) is 23.8 Å². The molecule has 0 unspecified atom stereocenters. The Morgan fingerprint density at radius 3 is 2.71 bits per heavy atom. The summed E-state index contributed by atoms with van der Waals surface area (Å²) in [4.78, 5) is 40.6. The fraction of sp³-hybridized carbons (Fsp3) is 0.167. The van der Waals surface area contributed by atoms with Crippen molar-refractivity contribution < 1.29 is 24.6 Å². The molecule has 9 heteroatoms. The van der Waals surface area contributed by atoms with Crippen LogP contribution in [0.2, 0.25) is 0 Å². The molecular weight excluding hydrogens is 298 g/mol. The number of H-pyrrole nitrogens is 1. The summed E-state index contributed by atoms with van der Waals surface area (Å²) >= 11 is 1.30. The second-order valence-electron chi connectivity index (χ2n) is 4.07. The number of carboxylic acids is 2. The molecule has 2 heterocycles. The van der Waals surface area contributed by atoms with Crippen LogP contribution in [0.4, 0.5) is 0 Å². The van der Waals surface area contributed by atoms with Gasteiger partial charge in [-0.15, -0.1) is 11.3 Å². The Morgan fingerprint density at radius 1 is 1.38 bits per heavy atom. The van der Waals surface area contributed by atoms with Crippen LogP contribution in [-0.2, 0) is 4.79 Å². The lowest BCUT2D eigenvalue weighted by atomic mass is 10.1. The number of aromatic carboxylic acids is 1.